The summed E-state index contributed by atoms with van der Waals surface area (Å²) in [5.74, 6) is 0. The highest BCUT2D eigenvalue weighted by atomic mass is 32.2. The number of fused-ring (bicyclic) bond motifs is 1. The topological polar surface area (TPSA) is 22.0 Å². The van der Waals surface area contributed by atoms with Crippen LogP contribution in [0.15, 0.2) is 65.7 Å². The van der Waals surface area contributed by atoms with E-state index in [1.54, 1.807) is 0 Å². The van der Waals surface area contributed by atoms with Crippen LogP contribution in [0.5, 0.6) is 0 Å². The molecule has 2 nitrogen and oxygen atoms in total. The fourth-order valence-corrected chi connectivity index (χ4v) is 3.22. The van der Waals surface area contributed by atoms with E-state index in [-0.39, 0.29) is 0 Å². The Hall–Kier alpha value is -1.87. The Morgan fingerprint density at radius 3 is 2.50 bits per heavy atom. The molecule has 0 N–H and O–H groups in total. The summed E-state index contributed by atoms with van der Waals surface area (Å²) in [6.07, 6.45) is 1.89. The fraction of sp³-hybridized carbons (Fsp3) is 0.0667. The molecule has 3 heteroatoms. The third-order valence-electron chi connectivity index (χ3n) is 3.04. The van der Waals surface area contributed by atoms with Gasteiger partial charge in [0.15, 0.2) is 11.0 Å². The van der Waals surface area contributed by atoms with Crippen molar-refractivity contribution in [2.24, 2.45) is 0 Å². The molecule has 2 aromatic carbocycles. The molecule has 0 radical (unpaired) electrons. The molecule has 0 aliphatic heterocycles. The summed E-state index contributed by atoms with van der Waals surface area (Å²) in [7, 11) is -1.18. The van der Waals surface area contributed by atoms with Gasteiger partial charge in [0.2, 0.25) is 0 Å². The van der Waals surface area contributed by atoms with Crippen LogP contribution in [-0.2, 0) is 11.0 Å². The molecule has 0 spiro atoms. The van der Waals surface area contributed by atoms with Crippen molar-refractivity contribution in [2.45, 2.75) is 11.8 Å². The lowest BCUT2D eigenvalue weighted by molar-refractivity contribution is 0.678. The normalized spacial score (nSPS) is 12.7. The molecule has 0 aliphatic rings. The summed E-state index contributed by atoms with van der Waals surface area (Å²) in [6, 6.07) is 17.6. The number of rotatable bonds is 2. The minimum atomic E-state index is -1.18. The highest BCUT2D eigenvalue weighted by molar-refractivity contribution is 7.83. The number of hydrogen-bond acceptors (Lipinski definition) is 1. The lowest BCUT2D eigenvalue weighted by Gasteiger charge is -2.05. The number of hydrogen-bond donors (Lipinski definition) is 0. The second-order valence-electron chi connectivity index (χ2n) is 4.21. The first-order valence-electron chi connectivity index (χ1n) is 5.81. The number of benzene rings is 2. The van der Waals surface area contributed by atoms with E-state index < -0.39 is 11.0 Å². The molecule has 3 rings (SSSR count). The number of aryl methyl sites for hydroxylation is 1. The van der Waals surface area contributed by atoms with Crippen LogP contribution >= 0.6 is 0 Å². The van der Waals surface area contributed by atoms with E-state index in [9.17, 15) is 4.21 Å². The predicted molar refractivity (Wildman–Crippen MR) is 74.9 cm³/mol. The summed E-state index contributed by atoms with van der Waals surface area (Å²) in [4.78, 5) is 0.816. The zero-order valence-electron chi connectivity index (χ0n) is 10.0. The van der Waals surface area contributed by atoms with Crippen LogP contribution in [0.1, 0.15) is 5.56 Å². The van der Waals surface area contributed by atoms with Crippen molar-refractivity contribution in [1.29, 1.82) is 0 Å². The Bertz CT molecular complexity index is 716. The van der Waals surface area contributed by atoms with E-state index in [1.165, 1.54) is 5.56 Å². The zero-order chi connectivity index (χ0) is 12.5. The first-order valence-corrected chi connectivity index (χ1v) is 6.92. The fourth-order valence-electron chi connectivity index (χ4n) is 2.09. The average Bonchev–Trinajstić information content (AvgIpc) is 2.84. The molecule has 1 unspecified atom stereocenters. The summed E-state index contributed by atoms with van der Waals surface area (Å²) >= 11 is 0. The Labute approximate surface area is 108 Å². The van der Waals surface area contributed by atoms with Crippen LogP contribution in [0.4, 0.5) is 0 Å². The molecule has 0 saturated carbocycles. The maximum absolute atomic E-state index is 12.5. The van der Waals surface area contributed by atoms with E-state index in [0.29, 0.717) is 0 Å². The van der Waals surface area contributed by atoms with Gasteiger partial charge in [-0.15, -0.1) is 0 Å². The van der Waals surface area contributed by atoms with Gasteiger partial charge in [0.25, 0.3) is 0 Å². The van der Waals surface area contributed by atoms with Crippen molar-refractivity contribution in [3.05, 3.63) is 66.4 Å². The maximum Gasteiger partial charge on any atom is 0.157 e. The highest BCUT2D eigenvalue weighted by Gasteiger charge is 2.09. The maximum atomic E-state index is 12.5. The van der Waals surface area contributed by atoms with E-state index in [1.807, 2.05) is 58.7 Å². The van der Waals surface area contributed by atoms with Crippen molar-refractivity contribution >= 4 is 21.9 Å². The minimum absolute atomic E-state index is 0.816. The second kappa shape index (κ2) is 4.42. The molecule has 1 heterocycles. The van der Waals surface area contributed by atoms with Crippen LogP contribution in [-0.4, -0.2) is 8.18 Å². The number of nitrogens with zero attached hydrogens (tertiary/aromatic N) is 1. The van der Waals surface area contributed by atoms with Gasteiger partial charge in [0.1, 0.15) is 0 Å². The van der Waals surface area contributed by atoms with Gasteiger partial charge in [-0.25, -0.2) is 4.21 Å². The quantitative estimate of drug-likeness (QED) is 0.686. The van der Waals surface area contributed by atoms with Crippen LogP contribution < -0.4 is 0 Å². The molecule has 0 saturated heterocycles. The summed E-state index contributed by atoms with van der Waals surface area (Å²) in [5, 5.41) is 1.15. The standard InChI is InChI=1S/C15H13NOS/c1-12-6-5-9-15-14(12)10-11-16(15)18(17)13-7-3-2-4-8-13/h2-11H,1H3. The molecule has 0 aliphatic carbocycles. The minimum Gasteiger partial charge on any atom is -0.263 e. The number of aromatic nitrogens is 1. The molecule has 18 heavy (non-hydrogen) atoms. The Morgan fingerprint density at radius 1 is 0.944 bits per heavy atom. The lowest BCUT2D eigenvalue weighted by atomic mass is 10.1. The molecule has 1 aromatic heterocycles. The third kappa shape index (κ3) is 1.77. The monoisotopic (exact) mass is 255 g/mol. The van der Waals surface area contributed by atoms with Gasteiger partial charge in [0, 0.05) is 11.6 Å². The van der Waals surface area contributed by atoms with Crippen molar-refractivity contribution in [2.75, 3.05) is 0 Å². The first-order chi connectivity index (χ1) is 8.77. The van der Waals surface area contributed by atoms with Crippen LogP contribution in [0, 0.1) is 6.92 Å². The van der Waals surface area contributed by atoms with Gasteiger partial charge in [-0.3, -0.25) is 3.97 Å². The van der Waals surface area contributed by atoms with E-state index in [0.717, 1.165) is 15.8 Å². The van der Waals surface area contributed by atoms with Crippen LogP contribution in [0.2, 0.25) is 0 Å². The SMILES string of the molecule is Cc1cccc2c1ccn2S(=O)c1ccccc1. The van der Waals surface area contributed by atoms with Crippen molar-refractivity contribution in [1.82, 2.24) is 3.97 Å². The van der Waals surface area contributed by atoms with Gasteiger partial charge in [-0.1, -0.05) is 30.3 Å². The Kier molecular flexibility index (Phi) is 2.76. The van der Waals surface area contributed by atoms with E-state index >= 15 is 0 Å². The molecule has 3 aromatic rings. The highest BCUT2D eigenvalue weighted by Crippen LogP contribution is 2.22. The predicted octanol–water partition coefficient (Wildman–Crippen LogP) is 3.52. The largest absolute Gasteiger partial charge is 0.263 e. The average molecular weight is 255 g/mol. The summed E-state index contributed by atoms with van der Waals surface area (Å²) in [6.45, 7) is 2.07. The van der Waals surface area contributed by atoms with Crippen molar-refractivity contribution < 1.29 is 4.21 Å². The summed E-state index contributed by atoms with van der Waals surface area (Å²) in [5.41, 5.74) is 2.22. The van der Waals surface area contributed by atoms with Crippen LogP contribution in [0.3, 0.4) is 0 Å². The van der Waals surface area contributed by atoms with E-state index in [4.69, 9.17) is 0 Å². The van der Waals surface area contributed by atoms with Crippen molar-refractivity contribution in [3.8, 4) is 0 Å². The van der Waals surface area contributed by atoms with Crippen LogP contribution in [0.25, 0.3) is 10.9 Å². The molecule has 1 atom stereocenters. The van der Waals surface area contributed by atoms with Gasteiger partial charge in [-0.2, -0.15) is 0 Å². The molecule has 0 fully saturated rings. The van der Waals surface area contributed by atoms with Crippen molar-refractivity contribution in [3.63, 3.8) is 0 Å². The van der Waals surface area contributed by atoms with E-state index in [2.05, 4.69) is 13.0 Å². The molecule has 0 amide bonds. The smallest absolute Gasteiger partial charge is 0.157 e. The second-order valence-corrected chi connectivity index (χ2v) is 5.57. The molecular formula is C15H13NOS. The van der Waals surface area contributed by atoms with Gasteiger partial charge >= 0.3 is 0 Å². The Balaban J connectivity index is 2.16. The van der Waals surface area contributed by atoms with Gasteiger partial charge in [-0.05, 0) is 36.8 Å². The molecule has 0 bridgehead atoms. The third-order valence-corrected chi connectivity index (χ3v) is 4.39. The summed E-state index contributed by atoms with van der Waals surface area (Å²) < 4.78 is 14.3. The Morgan fingerprint density at radius 2 is 1.72 bits per heavy atom. The van der Waals surface area contributed by atoms with Gasteiger partial charge in [0.05, 0.1) is 10.4 Å². The lowest BCUT2D eigenvalue weighted by Crippen LogP contribution is -2.02. The first kappa shape index (κ1) is 11.2. The zero-order valence-corrected chi connectivity index (χ0v) is 10.9. The van der Waals surface area contributed by atoms with Gasteiger partial charge < -0.3 is 0 Å². The molecule has 90 valence electrons. The molecular weight excluding hydrogens is 242 g/mol.